The van der Waals surface area contributed by atoms with Gasteiger partial charge in [-0.1, -0.05) is 0 Å². The maximum absolute atomic E-state index is 5.61. The molecule has 1 aromatic heterocycles. The fourth-order valence-corrected chi connectivity index (χ4v) is 1.53. The molecular formula is C7H13N5O. The molecule has 2 heterocycles. The normalized spacial score (nSPS) is 28.1. The summed E-state index contributed by atoms with van der Waals surface area (Å²) in [4.78, 5) is 0. The zero-order valence-corrected chi connectivity index (χ0v) is 7.47. The van der Waals surface area contributed by atoms with Crippen molar-refractivity contribution in [1.82, 2.24) is 14.9 Å². The zero-order chi connectivity index (χ0) is 9.42. The van der Waals surface area contributed by atoms with Crippen molar-refractivity contribution in [2.24, 2.45) is 0 Å². The predicted octanol–water partition coefficient (Wildman–Crippen LogP) is -0.186. The minimum absolute atomic E-state index is 0.0511. The highest BCUT2D eigenvalue weighted by molar-refractivity contribution is 5.18. The Kier molecular flexibility index (Phi) is 1.84. The fourth-order valence-electron chi connectivity index (χ4n) is 1.53. The molecule has 1 saturated heterocycles. The molecule has 13 heavy (non-hydrogen) atoms. The maximum Gasteiger partial charge on any atom is 0.240 e. The Balaban J connectivity index is 2.21. The number of nitrogen functional groups attached to an aromatic ring is 2. The third kappa shape index (κ3) is 1.33. The summed E-state index contributed by atoms with van der Waals surface area (Å²) < 4.78 is 6.86. The third-order valence-electron chi connectivity index (χ3n) is 2.27. The average Bonchev–Trinajstić information content (AvgIpc) is 2.62. The van der Waals surface area contributed by atoms with Crippen LogP contribution in [0.2, 0.25) is 0 Å². The Morgan fingerprint density at radius 3 is 2.69 bits per heavy atom. The molecule has 2 atom stereocenters. The summed E-state index contributed by atoms with van der Waals surface area (Å²) in [6.07, 6.45) is 2.17. The minimum atomic E-state index is -0.0511. The molecular weight excluding hydrogens is 170 g/mol. The molecule has 1 aromatic rings. The van der Waals surface area contributed by atoms with Crippen LogP contribution in [0.25, 0.3) is 0 Å². The largest absolute Gasteiger partial charge is 0.367 e. The molecule has 0 saturated carbocycles. The molecule has 1 aliphatic heterocycles. The molecule has 72 valence electrons. The standard InChI is InChI=1S/C7H13N5O/c1-4-2-3-5(13-4)6-10-11-7(8)12(6)9/h4-5H,2-3,9H2,1H3,(H2,8,11). The van der Waals surface area contributed by atoms with Crippen LogP contribution in [0.5, 0.6) is 0 Å². The van der Waals surface area contributed by atoms with Gasteiger partial charge in [-0.3, -0.25) is 0 Å². The second-order valence-corrected chi connectivity index (χ2v) is 3.30. The van der Waals surface area contributed by atoms with Gasteiger partial charge in [-0.15, -0.1) is 10.2 Å². The molecule has 6 nitrogen and oxygen atoms in total. The van der Waals surface area contributed by atoms with Gasteiger partial charge in [0.05, 0.1) is 6.10 Å². The molecule has 1 aliphatic rings. The minimum Gasteiger partial charge on any atom is -0.367 e. The summed E-state index contributed by atoms with van der Waals surface area (Å²) in [6.45, 7) is 2.03. The summed E-state index contributed by atoms with van der Waals surface area (Å²) in [7, 11) is 0. The predicted molar refractivity (Wildman–Crippen MR) is 47.1 cm³/mol. The van der Waals surface area contributed by atoms with Crippen molar-refractivity contribution in [3.8, 4) is 0 Å². The van der Waals surface area contributed by atoms with Crippen LogP contribution in [-0.2, 0) is 4.74 Å². The van der Waals surface area contributed by atoms with Crippen LogP contribution >= 0.6 is 0 Å². The van der Waals surface area contributed by atoms with Gasteiger partial charge in [-0.05, 0) is 19.8 Å². The molecule has 1 fully saturated rings. The molecule has 0 aliphatic carbocycles. The maximum atomic E-state index is 5.61. The van der Waals surface area contributed by atoms with Crippen LogP contribution in [0.1, 0.15) is 31.7 Å². The Labute approximate surface area is 75.8 Å². The lowest BCUT2D eigenvalue weighted by Gasteiger charge is -2.09. The Hall–Kier alpha value is -1.30. The van der Waals surface area contributed by atoms with Crippen molar-refractivity contribution in [2.45, 2.75) is 32.0 Å². The van der Waals surface area contributed by atoms with Crippen LogP contribution in [0.4, 0.5) is 5.95 Å². The highest BCUT2D eigenvalue weighted by Crippen LogP contribution is 2.30. The van der Waals surface area contributed by atoms with Gasteiger partial charge in [0, 0.05) is 0 Å². The number of ether oxygens (including phenoxy) is 1. The van der Waals surface area contributed by atoms with E-state index in [9.17, 15) is 0 Å². The van der Waals surface area contributed by atoms with Gasteiger partial charge in [0.15, 0.2) is 5.82 Å². The molecule has 6 heteroatoms. The van der Waals surface area contributed by atoms with E-state index in [0.717, 1.165) is 12.8 Å². The van der Waals surface area contributed by atoms with Gasteiger partial charge in [0.1, 0.15) is 6.10 Å². The number of aromatic nitrogens is 3. The number of nitrogens with two attached hydrogens (primary N) is 2. The lowest BCUT2D eigenvalue weighted by atomic mass is 10.2. The average molecular weight is 183 g/mol. The van der Waals surface area contributed by atoms with Crippen molar-refractivity contribution in [3.63, 3.8) is 0 Å². The van der Waals surface area contributed by atoms with Crippen molar-refractivity contribution >= 4 is 5.95 Å². The summed E-state index contributed by atoms with van der Waals surface area (Å²) in [5.41, 5.74) is 5.45. The van der Waals surface area contributed by atoms with Crippen molar-refractivity contribution < 1.29 is 4.74 Å². The monoisotopic (exact) mass is 183 g/mol. The number of hydrogen-bond donors (Lipinski definition) is 2. The zero-order valence-electron chi connectivity index (χ0n) is 7.47. The number of nitrogens with zero attached hydrogens (tertiary/aromatic N) is 3. The molecule has 0 radical (unpaired) electrons. The van der Waals surface area contributed by atoms with E-state index < -0.39 is 0 Å². The SMILES string of the molecule is CC1CCC(c2nnc(N)n2N)O1. The van der Waals surface area contributed by atoms with Crippen molar-refractivity contribution in [2.75, 3.05) is 11.6 Å². The first-order chi connectivity index (χ1) is 6.18. The summed E-state index contributed by atoms with van der Waals surface area (Å²) >= 11 is 0. The van der Waals surface area contributed by atoms with Crippen LogP contribution < -0.4 is 11.6 Å². The quantitative estimate of drug-likeness (QED) is 0.589. The van der Waals surface area contributed by atoms with E-state index in [4.69, 9.17) is 16.3 Å². The van der Waals surface area contributed by atoms with Gasteiger partial charge in [-0.2, -0.15) is 0 Å². The number of hydrogen-bond acceptors (Lipinski definition) is 5. The highest BCUT2D eigenvalue weighted by atomic mass is 16.5. The smallest absolute Gasteiger partial charge is 0.240 e. The summed E-state index contributed by atoms with van der Waals surface area (Å²) in [5, 5.41) is 7.54. The second-order valence-electron chi connectivity index (χ2n) is 3.30. The van der Waals surface area contributed by atoms with E-state index in [1.165, 1.54) is 4.68 Å². The Morgan fingerprint density at radius 1 is 1.46 bits per heavy atom. The van der Waals surface area contributed by atoms with Gasteiger partial charge in [0.2, 0.25) is 5.95 Å². The van der Waals surface area contributed by atoms with Gasteiger partial charge >= 0.3 is 0 Å². The first-order valence-corrected chi connectivity index (χ1v) is 4.30. The lowest BCUT2D eigenvalue weighted by Crippen LogP contribution is -2.18. The molecule has 0 spiro atoms. The van der Waals surface area contributed by atoms with E-state index in [-0.39, 0.29) is 18.2 Å². The van der Waals surface area contributed by atoms with Crippen LogP contribution in [0, 0.1) is 0 Å². The molecule has 4 N–H and O–H groups in total. The van der Waals surface area contributed by atoms with Crippen LogP contribution in [-0.4, -0.2) is 21.0 Å². The summed E-state index contributed by atoms with van der Waals surface area (Å²) in [6, 6.07) is 0. The van der Waals surface area contributed by atoms with E-state index in [1.807, 2.05) is 6.92 Å². The topological polar surface area (TPSA) is 92.0 Å². The molecule has 0 amide bonds. The molecule has 0 aromatic carbocycles. The fraction of sp³-hybridized carbons (Fsp3) is 0.714. The number of rotatable bonds is 1. The Bertz CT molecular complexity index is 310. The molecule has 2 rings (SSSR count). The van der Waals surface area contributed by atoms with Crippen molar-refractivity contribution in [1.29, 1.82) is 0 Å². The van der Waals surface area contributed by atoms with Crippen LogP contribution in [0.15, 0.2) is 0 Å². The number of anilines is 1. The van der Waals surface area contributed by atoms with E-state index >= 15 is 0 Å². The van der Waals surface area contributed by atoms with Crippen LogP contribution in [0.3, 0.4) is 0 Å². The van der Waals surface area contributed by atoms with Gasteiger partial charge in [-0.25, -0.2) is 4.68 Å². The first kappa shape index (κ1) is 8.31. The van der Waals surface area contributed by atoms with E-state index in [0.29, 0.717) is 5.82 Å². The summed E-state index contributed by atoms with van der Waals surface area (Å²) in [5.74, 6) is 6.45. The van der Waals surface area contributed by atoms with E-state index in [1.54, 1.807) is 0 Å². The highest BCUT2D eigenvalue weighted by Gasteiger charge is 2.27. The Morgan fingerprint density at radius 2 is 2.23 bits per heavy atom. The van der Waals surface area contributed by atoms with Gasteiger partial charge < -0.3 is 16.3 Å². The molecule has 2 unspecified atom stereocenters. The second kappa shape index (κ2) is 2.88. The first-order valence-electron chi connectivity index (χ1n) is 4.30. The van der Waals surface area contributed by atoms with Gasteiger partial charge in [0.25, 0.3) is 0 Å². The molecule has 0 bridgehead atoms. The third-order valence-corrected chi connectivity index (χ3v) is 2.27. The van der Waals surface area contributed by atoms with Crippen molar-refractivity contribution in [3.05, 3.63) is 5.82 Å². The lowest BCUT2D eigenvalue weighted by molar-refractivity contribution is 0.0489. The van der Waals surface area contributed by atoms with E-state index in [2.05, 4.69) is 10.2 Å².